The second-order valence-corrected chi connectivity index (χ2v) is 3.20. The fraction of sp³-hybridized carbons (Fsp3) is 0.333. The number of nitrogens with zero attached hydrogens (tertiary/aromatic N) is 2. The average molecular weight is 203 g/mol. The molecule has 1 aliphatic heterocycles. The van der Waals surface area contributed by atoms with Crippen LogP contribution < -0.4 is 5.73 Å². The monoisotopic (exact) mass is 203 g/mol. The average Bonchev–Trinajstić information content (AvgIpc) is 2.46. The molecule has 0 unspecified atom stereocenters. The van der Waals surface area contributed by atoms with Gasteiger partial charge in [0.2, 0.25) is 0 Å². The lowest BCUT2D eigenvalue weighted by molar-refractivity contribution is -0.130. The van der Waals surface area contributed by atoms with Gasteiger partial charge in [-0.05, 0) is 0 Å². The number of oxime groups is 1. The highest BCUT2D eigenvalue weighted by molar-refractivity contribution is 8.03. The lowest BCUT2D eigenvalue weighted by Gasteiger charge is -2.11. The Bertz CT molecular complexity index is 276. The number of amidine groups is 1. The van der Waals surface area contributed by atoms with Crippen molar-refractivity contribution >= 4 is 23.6 Å². The number of hydrogen-bond acceptors (Lipinski definition) is 5. The minimum Gasteiger partial charge on any atom is -0.475 e. The molecule has 0 fully saturated rings. The van der Waals surface area contributed by atoms with Crippen LogP contribution in [0.2, 0.25) is 0 Å². The summed E-state index contributed by atoms with van der Waals surface area (Å²) in [6.07, 6.45) is 1.51. The van der Waals surface area contributed by atoms with Gasteiger partial charge in [-0.15, -0.1) is 0 Å². The molecule has 0 aromatic rings. The van der Waals surface area contributed by atoms with Crippen LogP contribution in [0.5, 0.6) is 0 Å². The Morgan fingerprint density at radius 2 is 2.62 bits per heavy atom. The summed E-state index contributed by atoms with van der Waals surface area (Å²) < 4.78 is 0. The Labute approximate surface area is 79.0 Å². The molecular weight excluding hydrogens is 194 g/mol. The first-order valence-corrected chi connectivity index (χ1v) is 4.35. The number of carboxylic acids is 1. The molecule has 13 heavy (non-hydrogen) atoms. The van der Waals surface area contributed by atoms with Crippen molar-refractivity contribution in [2.45, 2.75) is 0 Å². The Morgan fingerprint density at radius 3 is 3.00 bits per heavy atom. The first kappa shape index (κ1) is 9.72. The van der Waals surface area contributed by atoms with Crippen molar-refractivity contribution in [3.05, 3.63) is 11.2 Å². The number of carboxylic acid groups (broad SMARTS) is 1. The van der Waals surface area contributed by atoms with Crippen LogP contribution in [0.1, 0.15) is 0 Å². The number of aliphatic carboxylic acids is 1. The molecule has 0 atom stereocenters. The Kier molecular flexibility index (Phi) is 3.02. The zero-order chi connectivity index (χ0) is 9.84. The Hall–Kier alpha value is -1.37. The van der Waals surface area contributed by atoms with Crippen molar-refractivity contribution in [3.63, 3.8) is 0 Å². The first-order valence-electron chi connectivity index (χ1n) is 3.36. The molecule has 0 radical (unpaired) electrons. The van der Waals surface area contributed by atoms with Gasteiger partial charge in [0.15, 0.2) is 0 Å². The summed E-state index contributed by atoms with van der Waals surface area (Å²) in [6.45, 7) is 0. The molecule has 0 bridgehead atoms. The predicted octanol–water partition coefficient (Wildman–Crippen LogP) is -0.205. The number of carbonyl (C=O) groups is 1. The third kappa shape index (κ3) is 2.28. The third-order valence-corrected chi connectivity index (χ3v) is 2.14. The second kappa shape index (κ2) is 4.04. The highest BCUT2D eigenvalue weighted by Gasteiger charge is 2.22. The maximum absolute atomic E-state index is 10.7. The summed E-state index contributed by atoms with van der Waals surface area (Å²) in [7, 11) is 1.29. The minimum absolute atomic E-state index is 0.171. The molecule has 72 valence electrons. The second-order valence-electron chi connectivity index (χ2n) is 2.18. The minimum atomic E-state index is -1.15. The van der Waals surface area contributed by atoms with Crippen molar-refractivity contribution in [2.24, 2.45) is 10.9 Å². The van der Waals surface area contributed by atoms with Gasteiger partial charge in [-0.1, -0.05) is 16.9 Å². The van der Waals surface area contributed by atoms with E-state index in [9.17, 15) is 4.79 Å². The lowest BCUT2D eigenvalue weighted by Crippen LogP contribution is -2.30. The molecule has 0 aromatic carbocycles. The molecule has 0 spiro atoms. The van der Waals surface area contributed by atoms with Gasteiger partial charge in [0.05, 0.1) is 10.9 Å². The summed E-state index contributed by atoms with van der Waals surface area (Å²) in [4.78, 5) is 16.5. The normalized spacial score (nSPS) is 17.2. The van der Waals surface area contributed by atoms with Crippen LogP contribution in [-0.2, 0) is 9.63 Å². The number of rotatable bonds is 1. The molecule has 0 saturated heterocycles. The fourth-order valence-corrected chi connectivity index (χ4v) is 1.48. The van der Waals surface area contributed by atoms with Gasteiger partial charge in [0, 0.05) is 6.20 Å². The van der Waals surface area contributed by atoms with Gasteiger partial charge in [-0.2, -0.15) is 0 Å². The molecule has 1 aliphatic rings. The molecule has 0 aromatic heterocycles. The van der Waals surface area contributed by atoms with E-state index in [0.717, 1.165) is 0 Å². The van der Waals surface area contributed by atoms with E-state index in [-0.39, 0.29) is 5.84 Å². The van der Waals surface area contributed by atoms with Crippen molar-refractivity contribution in [3.8, 4) is 0 Å². The van der Waals surface area contributed by atoms with Crippen LogP contribution in [0.3, 0.4) is 0 Å². The zero-order valence-corrected chi connectivity index (χ0v) is 7.74. The number of hydrogen-bond donors (Lipinski definition) is 2. The van der Waals surface area contributed by atoms with Crippen molar-refractivity contribution < 1.29 is 14.7 Å². The highest BCUT2D eigenvalue weighted by atomic mass is 32.2. The summed E-state index contributed by atoms with van der Waals surface area (Å²) in [5.74, 6) is -0.871. The van der Waals surface area contributed by atoms with Crippen LogP contribution in [-0.4, -0.2) is 34.8 Å². The van der Waals surface area contributed by atoms with Gasteiger partial charge >= 0.3 is 5.97 Å². The van der Waals surface area contributed by atoms with Gasteiger partial charge < -0.3 is 20.6 Å². The van der Waals surface area contributed by atoms with Crippen molar-refractivity contribution in [2.75, 3.05) is 13.0 Å². The van der Waals surface area contributed by atoms with Crippen molar-refractivity contribution in [1.82, 2.24) is 4.90 Å². The van der Waals surface area contributed by atoms with E-state index in [4.69, 9.17) is 10.8 Å². The van der Waals surface area contributed by atoms with Gasteiger partial charge in [0.1, 0.15) is 7.11 Å². The molecule has 0 saturated carbocycles. The summed E-state index contributed by atoms with van der Waals surface area (Å²) >= 11 is 1.34. The molecule has 1 rings (SSSR count). The predicted molar refractivity (Wildman–Crippen MR) is 48.6 cm³/mol. The summed E-state index contributed by atoms with van der Waals surface area (Å²) in [5, 5.41) is 12.6. The summed E-state index contributed by atoms with van der Waals surface area (Å²) in [6, 6.07) is 0. The molecular formula is C6H9N3O3S. The maximum atomic E-state index is 10.7. The van der Waals surface area contributed by atoms with Crippen LogP contribution in [0.25, 0.3) is 0 Å². The van der Waals surface area contributed by atoms with Crippen molar-refractivity contribution in [1.29, 1.82) is 0 Å². The topological polar surface area (TPSA) is 88.2 Å². The molecule has 6 nitrogen and oxygen atoms in total. The Morgan fingerprint density at radius 1 is 1.92 bits per heavy atom. The standard InChI is InChI=1S/C6H9N3O3S/c1-12-8-5(6(10)11)9-2-4(7)13-3-9/h2H,3,7H2,1H3,(H,10,11)/b8-5+. The number of thioether (sulfide) groups is 1. The maximum Gasteiger partial charge on any atom is 0.375 e. The van der Waals surface area contributed by atoms with E-state index in [1.807, 2.05) is 0 Å². The fourth-order valence-electron chi connectivity index (χ4n) is 0.795. The SMILES string of the molecule is CO/N=C(\C(=O)O)N1C=C(N)SC1. The largest absolute Gasteiger partial charge is 0.475 e. The van der Waals surface area contributed by atoms with E-state index >= 15 is 0 Å². The van der Waals surface area contributed by atoms with Crippen LogP contribution in [0, 0.1) is 0 Å². The molecule has 3 N–H and O–H groups in total. The van der Waals surface area contributed by atoms with Crippen LogP contribution in [0.15, 0.2) is 16.4 Å². The smallest absolute Gasteiger partial charge is 0.375 e. The highest BCUT2D eigenvalue weighted by Crippen LogP contribution is 2.20. The van der Waals surface area contributed by atoms with Gasteiger partial charge in [-0.25, -0.2) is 4.79 Å². The van der Waals surface area contributed by atoms with E-state index in [0.29, 0.717) is 10.9 Å². The Balaban J connectivity index is 2.78. The van der Waals surface area contributed by atoms with E-state index < -0.39 is 5.97 Å². The van der Waals surface area contributed by atoms with E-state index in [1.165, 1.54) is 30.0 Å². The first-order chi connectivity index (χ1) is 6.15. The number of nitrogens with two attached hydrogens (primary N) is 1. The molecule has 1 heterocycles. The quantitative estimate of drug-likeness (QED) is 0.348. The summed E-state index contributed by atoms with van der Waals surface area (Å²) in [5.41, 5.74) is 5.45. The van der Waals surface area contributed by atoms with Crippen LogP contribution in [0.4, 0.5) is 0 Å². The lowest BCUT2D eigenvalue weighted by atomic mass is 10.5. The zero-order valence-electron chi connectivity index (χ0n) is 6.93. The van der Waals surface area contributed by atoms with E-state index in [2.05, 4.69) is 9.99 Å². The third-order valence-electron chi connectivity index (χ3n) is 1.29. The van der Waals surface area contributed by atoms with Gasteiger partial charge in [0.25, 0.3) is 5.84 Å². The van der Waals surface area contributed by atoms with Crippen LogP contribution >= 0.6 is 11.8 Å². The molecule has 7 heteroatoms. The molecule has 0 aliphatic carbocycles. The van der Waals surface area contributed by atoms with E-state index in [1.54, 1.807) is 0 Å². The molecule has 0 amide bonds. The van der Waals surface area contributed by atoms with Gasteiger partial charge in [-0.3, -0.25) is 0 Å².